The zero-order chi connectivity index (χ0) is 12.4. The first kappa shape index (κ1) is 11.7. The normalized spacial score (nSPS) is 11.2. The molecule has 0 saturated heterocycles. The lowest BCUT2D eigenvalue weighted by molar-refractivity contribution is 0.0698. The molecule has 0 aliphatic carbocycles. The Hall–Kier alpha value is -1.81. The molecule has 0 radical (unpaired) electrons. The molecule has 4 nitrogen and oxygen atoms in total. The van der Waals surface area contributed by atoms with Crippen LogP contribution in [-0.2, 0) is 6.54 Å². The highest BCUT2D eigenvalue weighted by Crippen LogP contribution is 2.24. The van der Waals surface area contributed by atoms with Crippen molar-refractivity contribution >= 4 is 16.9 Å². The minimum Gasteiger partial charge on any atom is -0.478 e. The van der Waals surface area contributed by atoms with Crippen molar-refractivity contribution in [1.82, 2.24) is 5.32 Å². The van der Waals surface area contributed by atoms with E-state index in [1.54, 1.807) is 18.4 Å². The van der Waals surface area contributed by atoms with Gasteiger partial charge in [0.2, 0.25) is 0 Å². The predicted octanol–water partition coefficient (Wildman–Crippen LogP) is 2.63. The summed E-state index contributed by atoms with van der Waals surface area (Å²) in [5.41, 5.74) is 1.63. The summed E-state index contributed by atoms with van der Waals surface area (Å²) in [7, 11) is 0. The van der Waals surface area contributed by atoms with Crippen LogP contribution in [0.1, 0.15) is 29.8 Å². The fourth-order valence-corrected chi connectivity index (χ4v) is 1.73. The van der Waals surface area contributed by atoms with Gasteiger partial charge >= 0.3 is 5.97 Å². The minimum absolute atomic E-state index is 0.207. The maximum Gasteiger partial charge on any atom is 0.339 e. The van der Waals surface area contributed by atoms with E-state index in [0.29, 0.717) is 18.2 Å². The molecule has 1 aromatic carbocycles. The molecule has 0 aliphatic rings. The number of para-hydroxylation sites is 1. The second-order valence-electron chi connectivity index (χ2n) is 4.28. The van der Waals surface area contributed by atoms with E-state index in [1.807, 2.05) is 6.07 Å². The van der Waals surface area contributed by atoms with Crippen LogP contribution in [0, 0.1) is 0 Å². The molecule has 0 amide bonds. The highest BCUT2D eigenvalue weighted by Gasteiger charge is 2.14. The Bertz CT molecular complexity index is 543. The smallest absolute Gasteiger partial charge is 0.339 e. The Morgan fingerprint density at radius 1 is 1.47 bits per heavy atom. The molecule has 2 rings (SSSR count). The lowest BCUT2D eigenvalue weighted by Crippen LogP contribution is -2.21. The maximum absolute atomic E-state index is 11.0. The number of fused-ring (bicyclic) bond motifs is 1. The lowest BCUT2D eigenvalue weighted by Gasteiger charge is -2.06. The first-order valence-corrected chi connectivity index (χ1v) is 5.55. The van der Waals surface area contributed by atoms with Gasteiger partial charge in [0.05, 0.1) is 6.26 Å². The molecule has 2 aromatic rings. The van der Waals surface area contributed by atoms with Crippen molar-refractivity contribution in [2.75, 3.05) is 0 Å². The molecule has 0 fully saturated rings. The molecule has 0 spiro atoms. The summed E-state index contributed by atoms with van der Waals surface area (Å²) in [6, 6.07) is 5.54. The van der Waals surface area contributed by atoms with Gasteiger partial charge in [-0.25, -0.2) is 4.79 Å². The Balaban J connectivity index is 2.40. The van der Waals surface area contributed by atoms with Crippen molar-refractivity contribution in [3.05, 3.63) is 35.6 Å². The van der Waals surface area contributed by atoms with Crippen LogP contribution in [0.4, 0.5) is 0 Å². The van der Waals surface area contributed by atoms with Gasteiger partial charge in [-0.2, -0.15) is 0 Å². The summed E-state index contributed by atoms with van der Waals surface area (Å²) < 4.78 is 5.35. The van der Waals surface area contributed by atoms with Crippen LogP contribution >= 0.6 is 0 Å². The van der Waals surface area contributed by atoms with Crippen molar-refractivity contribution in [2.24, 2.45) is 0 Å². The number of aromatic carboxylic acids is 1. The van der Waals surface area contributed by atoms with Gasteiger partial charge in [0, 0.05) is 23.5 Å². The molecule has 1 aromatic heterocycles. The van der Waals surface area contributed by atoms with Crippen LogP contribution in [0.3, 0.4) is 0 Å². The topological polar surface area (TPSA) is 62.5 Å². The van der Waals surface area contributed by atoms with Crippen molar-refractivity contribution in [1.29, 1.82) is 0 Å². The molecule has 0 aliphatic heterocycles. The molecule has 0 bridgehead atoms. The third-order valence-electron chi connectivity index (χ3n) is 2.61. The van der Waals surface area contributed by atoms with Crippen LogP contribution < -0.4 is 5.32 Å². The van der Waals surface area contributed by atoms with Crippen molar-refractivity contribution in [3.8, 4) is 0 Å². The predicted molar refractivity (Wildman–Crippen MR) is 65.1 cm³/mol. The van der Waals surface area contributed by atoms with Gasteiger partial charge < -0.3 is 14.8 Å². The molecule has 90 valence electrons. The molecule has 0 atom stereocenters. The third-order valence-corrected chi connectivity index (χ3v) is 2.61. The second kappa shape index (κ2) is 4.59. The van der Waals surface area contributed by atoms with Gasteiger partial charge in [-0.05, 0) is 6.07 Å². The number of carboxylic acids is 1. The van der Waals surface area contributed by atoms with Crippen LogP contribution in [0.25, 0.3) is 11.0 Å². The monoisotopic (exact) mass is 233 g/mol. The van der Waals surface area contributed by atoms with Crippen molar-refractivity contribution in [2.45, 2.75) is 26.4 Å². The quantitative estimate of drug-likeness (QED) is 0.852. The highest BCUT2D eigenvalue weighted by molar-refractivity contribution is 6.01. The average molecular weight is 233 g/mol. The van der Waals surface area contributed by atoms with Gasteiger partial charge in [0.15, 0.2) is 0 Å². The van der Waals surface area contributed by atoms with E-state index >= 15 is 0 Å². The molecule has 0 saturated carbocycles. The summed E-state index contributed by atoms with van der Waals surface area (Å²) >= 11 is 0. The number of hydrogen-bond donors (Lipinski definition) is 2. The molecule has 4 heteroatoms. The fraction of sp³-hybridized carbons (Fsp3) is 0.308. The number of furan rings is 1. The van der Waals surface area contributed by atoms with Gasteiger partial charge in [0.25, 0.3) is 0 Å². The number of benzene rings is 1. The van der Waals surface area contributed by atoms with Crippen LogP contribution in [-0.4, -0.2) is 17.1 Å². The second-order valence-corrected chi connectivity index (χ2v) is 4.28. The summed E-state index contributed by atoms with van der Waals surface area (Å²) in [5, 5.41) is 13.2. The van der Waals surface area contributed by atoms with Crippen LogP contribution in [0.15, 0.2) is 28.9 Å². The van der Waals surface area contributed by atoms with Crippen LogP contribution in [0.5, 0.6) is 0 Å². The van der Waals surface area contributed by atoms with Gasteiger partial charge in [0.1, 0.15) is 11.1 Å². The number of hydrogen-bond acceptors (Lipinski definition) is 3. The molecular weight excluding hydrogens is 218 g/mol. The molecule has 0 unspecified atom stereocenters. The van der Waals surface area contributed by atoms with Crippen molar-refractivity contribution in [3.63, 3.8) is 0 Å². The minimum atomic E-state index is -0.965. The summed E-state index contributed by atoms with van der Waals surface area (Å²) in [6.07, 6.45) is 1.62. The van der Waals surface area contributed by atoms with E-state index in [1.165, 1.54) is 0 Å². The summed E-state index contributed by atoms with van der Waals surface area (Å²) in [4.78, 5) is 11.0. The van der Waals surface area contributed by atoms with E-state index < -0.39 is 5.97 Å². The van der Waals surface area contributed by atoms with E-state index in [0.717, 1.165) is 10.9 Å². The average Bonchev–Trinajstić information content (AvgIpc) is 2.68. The number of carboxylic acid groups (broad SMARTS) is 1. The van der Waals surface area contributed by atoms with E-state index in [9.17, 15) is 4.79 Å². The first-order chi connectivity index (χ1) is 8.09. The third kappa shape index (κ3) is 2.31. The lowest BCUT2D eigenvalue weighted by atomic mass is 10.1. The Labute approximate surface area is 99.2 Å². The largest absolute Gasteiger partial charge is 0.478 e. The van der Waals surface area contributed by atoms with Gasteiger partial charge in [-0.1, -0.05) is 26.0 Å². The SMILES string of the molecule is CC(C)NCc1coc2c(C(=O)O)cccc12. The summed E-state index contributed by atoms with van der Waals surface area (Å²) in [5.74, 6) is -0.965. The molecule has 17 heavy (non-hydrogen) atoms. The Morgan fingerprint density at radius 3 is 2.88 bits per heavy atom. The van der Waals surface area contributed by atoms with Crippen molar-refractivity contribution < 1.29 is 14.3 Å². The number of rotatable bonds is 4. The zero-order valence-electron chi connectivity index (χ0n) is 9.86. The van der Waals surface area contributed by atoms with Gasteiger partial charge in [-0.3, -0.25) is 0 Å². The molecular formula is C13H15NO3. The van der Waals surface area contributed by atoms with E-state index in [2.05, 4.69) is 19.2 Å². The Kier molecular flexibility index (Phi) is 3.15. The standard InChI is InChI=1S/C13H15NO3/c1-8(2)14-6-9-7-17-12-10(9)4-3-5-11(12)13(15)16/h3-5,7-8,14H,6H2,1-2H3,(H,15,16). The first-order valence-electron chi connectivity index (χ1n) is 5.55. The zero-order valence-corrected chi connectivity index (χ0v) is 9.86. The fourth-order valence-electron chi connectivity index (χ4n) is 1.73. The highest BCUT2D eigenvalue weighted by atomic mass is 16.4. The van der Waals surface area contributed by atoms with E-state index in [-0.39, 0.29) is 5.56 Å². The number of carbonyl (C=O) groups is 1. The molecule has 1 heterocycles. The maximum atomic E-state index is 11.0. The van der Waals surface area contributed by atoms with Crippen LogP contribution in [0.2, 0.25) is 0 Å². The summed E-state index contributed by atoms with van der Waals surface area (Å²) in [6.45, 7) is 4.80. The van der Waals surface area contributed by atoms with Gasteiger partial charge in [-0.15, -0.1) is 0 Å². The Morgan fingerprint density at radius 2 is 2.24 bits per heavy atom. The molecule has 2 N–H and O–H groups in total. The number of nitrogens with one attached hydrogen (secondary N) is 1. The van der Waals surface area contributed by atoms with E-state index in [4.69, 9.17) is 9.52 Å².